The SMILES string of the molecule is CC(NC1CC(C)(C)C1)c1cccs1. The van der Waals surface area contributed by atoms with Gasteiger partial charge in [0.2, 0.25) is 0 Å². The molecule has 1 aliphatic carbocycles. The van der Waals surface area contributed by atoms with E-state index in [1.807, 2.05) is 11.3 Å². The Morgan fingerprint density at radius 2 is 2.21 bits per heavy atom. The number of thiophene rings is 1. The van der Waals surface area contributed by atoms with Gasteiger partial charge in [-0.3, -0.25) is 0 Å². The second-order valence-corrected chi connectivity index (χ2v) is 6.15. The second-order valence-electron chi connectivity index (χ2n) is 5.17. The Labute approximate surface area is 90.5 Å². The van der Waals surface area contributed by atoms with E-state index in [-0.39, 0.29) is 0 Å². The van der Waals surface area contributed by atoms with E-state index in [1.165, 1.54) is 17.7 Å². The van der Waals surface area contributed by atoms with Crippen molar-refractivity contribution in [3.05, 3.63) is 22.4 Å². The normalized spacial score (nSPS) is 23.1. The van der Waals surface area contributed by atoms with Gasteiger partial charge in [0, 0.05) is 17.0 Å². The van der Waals surface area contributed by atoms with Crippen molar-refractivity contribution in [1.29, 1.82) is 0 Å². The molecule has 1 nitrogen and oxygen atoms in total. The quantitative estimate of drug-likeness (QED) is 0.802. The summed E-state index contributed by atoms with van der Waals surface area (Å²) in [5.74, 6) is 0. The lowest BCUT2D eigenvalue weighted by molar-refractivity contribution is 0.118. The monoisotopic (exact) mass is 209 g/mol. The number of hydrogen-bond donors (Lipinski definition) is 1. The maximum Gasteiger partial charge on any atom is 0.0388 e. The minimum atomic E-state index is 0.524. The van der Waals surface area contributed by atoms with Gasteiger partial charge in [-0.15, -0.1) is 11.3 Å². The Balaban J connectivity index is 1.82. The van der Waals surface area contributed by atoms with Crippen molar-refractivity contribution in [2.75, 3.05) is 0 Å². The van der Waals surface area contributed by atoms with E-state index in [0.29, 0.717) is 11.5 Å². The zero-order valence-electron chi connectivity index (χ0n) is 9.21. The van der Waals surface area contributed by atoms with Gasteiger partial charge in [0.05, 0.1) is 0 Å². The third kappa shape index (κ3) is 2.18. The summed E-state index contributed by atoms with van der Waals surface area (Å²) in [5.41, 5.74) is 0.576. The first-order valence-electron chi connectivity index (χ1n) is 5.36. The molecule has 1 saturated carbocycles. The van der Waals surface area contributed by atoms with Crippen LogP contribution in [0.2, 0.25) is 0 Å². The Kier molecular flexibility index (Phi) is 2.67. The Hall–Kier alpha value is -0.340. The van der Waals surface area contributed by atoms with Crippen LogP contribution in [0.3, 0.4) is 0 Å². The molecule has 78 valence electrons. The molecule has 1 fully saturated rings. The van der Waals surface area contributed by atoms with Gasteiger partial charge in [0.15, 0.2) is 0 Å². The zero-order chi connectivity index (χ0) is 10.2. The number of nitrogens with one attached hydrogen (secondary N) is 1. The van der Waals surface area contributed by atoms with Crippen LogP contribution in [0.25, 0.3) is 0 Å². The molecular formula is C12H19NS. The van der Waals surface area contributed by atoms with E-state index < -0.39 is 0 Å². The van der Waals surface area contributed by atoms with E-state index >= 15 is 0 Å². The van der Waals surface area contributed by atoms with E-state index in [9.17, 15) is 0 Å². The molecule has 1 atom stereocenters. The minimum Gasteiger partial charge on any atom is -0.307 e. The van der Waals surface area contributed by atoms with Crippen LogP contribution in [0.15, 0.2) is 17.5 Å². The molecule has 0 aliphatic heterocycles. The van der Waals surface area contributed by atoms with Gasteiger partial charge in [-0.1, -0.05) is 19.9 Å². The van der Waals surface area contributed by atoms with Gasteiger partial charge in [-0.2, -0.15) is 0 Å². The summed E-state index contributed by atoms with van der Waals surface area (Å²) in [7, 11) is 0. The minimum absolute atomic E-state index is 0.524. The summed E-state index contributed by atoms with van der Waals surface area (Å²) in [5, 5.41) is 5.84. The molecule has 1 unspecified atom stereocenters. The molecule has 0 radical (unpaired) electrons. The fourth-order valence-corrected chi connectivity index (χ4v) is 3.11. The molecule has 2 rings (SSSR count). The molecule has 0 spiro atoms. The summed E-state index contributed by atoms with van der Waals surface area (Å²) in [6, 6.07) is 5.60. The molecule has 1 aromatic heterocycles. The van der Waals surface area contributed by atoms with Crippen molar-refractivity contribution in [3.8, 4) is 0 Å². The molecule has 0 saturated heterocycles. The van der Waals surface area contributed by atoms with Gasteiger partial charge >= 0.3 is 0 Å². The summed E-state index contributed by atoms with van der Waals surface area (Å²) in [6.45, 7) is 6.96. The first-order valence-corrected chi connectivity index (χ1v) is 6.24. The Morgan fingerprint density at radius 1 is 1.50 bits per heavy atom. The smallest absolute Gasteiger partial charge is 0.0388 e. The van der Waals surface area contributed by atoms with Gasteiger partial charge in [-0.25, -0.2) is 0 Å². The van der Waals surface area contributed by atoms with Crippen LogP contribution >= 0.6 is 11.3 Å². The average molecular weight is 209 g/mol. The lowest BCUT2D eigenvalue weighted by Crippen LogP contribution is -2.46. The molecule has 1 N–H and O–H groups in total. The van der Waals surface area contributed by atoms with E-state index in [1.54, 1.807) is 0 Å². The van der Waals surface area contributed by atoms with Crippen LogP contribution in [0.1, 0.15) is 44.5 Å². The molecule has 14 heavy (non-hydrogen) atoms. The predicted molar refractivity (Wildman–Crippen MR) is 62.7 cm³/mol. The largest absolute Gasteiger partial charge is 0.307 e. The molecule has 1 aromatic rings. The lowest BCUT2D eigenvalue weighted by atomic mass is 9.68. The Morgan fingerprint density at radius 3 is 2.71 bits per heavy atom. The van der Waals surface area contributed by atoms with Crippen molar-refractivity contribution in [2.45, 2.75) is 45.7 Å². The van der Waals surface area contributed by atoms with Crippen molar-refractivity contribution >= 4 is 11.3 Å². The first kappa shape index (κ1) is 10.2. The van der Waals surface area contributed by atoms with Crippen molar-refractivity contribution < 1.29 is 0 Å². The van der Waals surface area contributed by atoms with Crippen LogP contribution < -0.4 is 5.32 Å². The maximum atomic E-state index is 3.68. The number of rotatable bonds is 3. The first-order chi connectivity index (χ1) is 6.57. The van der Waals surface area contributed by atoms with E-state index in [0.717, 1.165) is 6.04 Å². The second kappa shape index (κ2) is 3.67. The number of hydrogen-bond acceptors (Lipinski definition) is 2. The van der Waals surface area contributed by atoms with E-state index in [4.69, 9.17) is 0 Å². The fourth-order valence-electron chi connectivity index (χ4n) is 2.37. The van der Waals surface area contributed by atoms with Crippen LogP contribution in [-0.2, 0) is 0 Å². The van der Waals surface area contributed by atoms with Crippen LogP contribution in [0.5, 0.6) is 0 Å². The Bertz CT molecular complexity index is 281. The molecule has 2 heteroatoms. The third-order valence-electron chi connectivity index (χ3n) is 3.05. The summed E-state index contributed by atoms with van der Waals surface area (Å²) in [6.07, 6.45) is 2.64. The highest BCUT2D eigenvalue weighted by atomic mass is 32.1. The highest BCUT2D eigenvalue weighted by Gasteiger charge is 2.36. The molecule has 0 amide bonds. The average Bonchev–Trinajstić information content (AvgIpc) is 2.51. The van der Waals surface area contributed by atoms with Crippen LogP contribution in [-0.4, -0.2) is 6.04 Å². The summed E-state index contributed by atoms with van der Waals surface area (Å²) >= 11 is 1.84. The topological polar surface area (TPSA) is 12.0 Å². The molecule has 1 heterocycles. The maximum absolute atomic E-state index is 3.68. The standard InChI is InChI=1S/C12H19NS/c1-9(11-5-4-6-14-11)13-10-7-12(2,3)8-10/h4-6,9-10,13H,7-8H2,1-3H3. The van der Waals surface area contributed by atoms with E-state index in [2.05, 4.69) is 43.6 Å². The molecule has 1 aliphatic rings. The van der Waals surface area contributed by atoms with Crippen molar-refractivity contribution in [3.63, 3.8) is 0 Å². The zero-order valence-corrected chi connectivity index (χ0v) is 10.0. The van der Waals surface area contributed by atoms with Crippen molar-refractivity contribution in [2.24, 2.45) is 5.41 Å². The lowest BCUT2D eigenvalue weighted by Gasteiger charge is -2.44. The van der Waals surface area contributed by atoms with Crippen molar-refractivity contribution in [1.82, 2.24) is 5.32 Å². The van der Waals surface area contributed by atoms with Crippen LogP contribution in [0.4, 0.5) is 0 Å². The van der Waals surface area contributed by atoms with Gasteiger partial charge in [0.1, 0.15) is 0 Å². The summed E-state index contributed by atoms with van der Waals surface area (Å²) < 4.78 is 0. The van der Waals surface area contributed by atoms with Gasteiger partial charge in [-0.05, 0) is 36.6 Å². The van der Waals surface area contributed by atoms with Gasteiger partial charge < -0.3 is 5.32 Å². The molecule has 0 aromatic carbocycles. The molecular weight excluding hydrogens is 190 g/mol. The fraction of sp³-hybridized carbons (Fsp3) is 0.667. The van der Waals surface area contributed by atoms with Crippen LogP contribution in [0, 0.1) is 5.41 Å². The third-order valence-corrected chi connectivity index (χ3v) is 4.11. The summed E-state index contributed by atoms with van der Waals surface area (Å²) in [4.78, 5) is 1.45. The van der Waals surface area contributed by atoms with Gasteiger partial charge in [0.25, 0.3) is 0 Å². The highest BCUT2D eigenvalue weighted by Crippen LogP contribution is 2.40. The predicted octanol–water partition coefficient (Wildman–Crippen LogP) is 3.59. The molecule has 0 bridgehead atoms. The highest BCUT2D eigenvalue weighted by molar-refractivity contribution is 7.10.